The molecule has 2 aromatic heterocycles. The Morgan fingerprint density at radius 2 is 1.89 bits per heavy atom. The van der Waals surface area contributed by atoms with E-state index in [9.17, 15) is 13.2 Å². The Balaban J connectivity index is 1.63. The van der Waals surface area contributed by atoms with Crippen molar-refractivity contribution in [3.8, 4) is 11.1 Å². The van der Waals surface area contributed by atoms with Gasteiger partial charge in [-0.1, -0.05) is 0 Å². The van der Waals surface area contributed by atoms with Crippen LogP contribution in [0.25, 0.3) is 11.1 Å². The van der Waals surface area contributed by atoms with Crippen molar-refractivity contribution >= 4 is 21.6 Å². The van der Waals surface area contributed by atoms with E-state index in [1.54, 1.807) is 42.3 Å². The summed E-state index contributed by atoms with van der Waals surface area (Å²) in [6.07, 6.45) is 7.01. The Morgan fingerprint density at radius 1 is 1.14 bits per heavy atom. The summed E-state index contributed by atoms with van der Waals surface area (Å²) < 4.78 is 29.4. The molecule has 8 nitrogen and oxygen atoms in total. The zero-order valence-electron chi connectivity index (χ0n) is 15.6. The molecular weight excluding hydrogens is 378 g/mol. The second-order valence-corrected chi connectivity index (χ2v) is 8.02. The van der Waals surface area contributed by atoms with Crippen molar-refractivity contribution in [2.45, 2.75) is 25.3 Å². The summed E-state index contributed by atoms with van der Waals surface area (Å²) in [5, 5.41) is 6.90. The average Bonchev–Trinajstić information content (AvgIpc) is 3.10. The molecule has 3 rings (SSSR count). The highest BCUT2D eigenvalue weighted by Crippen LogP contribution is 2.20. The van der Waals surface area contributed by atoms with Gasteiger partial charge in [0.05, 0.1) is 17.6 Å². The lowest BCUT2D eigenvalue weighted by atomic mass is 10.1. The fourth-order valence-corrected chi connectivity index (χ4v) is 4.03. The first kappa shape index (κ1) is 19.7. The van der Waals surface area contributed by atoms with Crippen molar-refractivity contribution in [1.29, 1.82) is 0 Å². The second kappa shape index (κ2) is 8.32. The topological polar surface area (TPSA) is 106 Å². The number of carbonyl (C=O) groups excluding carboxylic acids is 1. The number of amides is 1. The number of aryl methyl sites for hydroxylation is 1. The summed E-state index contributed by atoms with van der Waals surface area (Å²) in [4.78, 5) is 15.3. The van der Waals surface area contributed by atoms with E-state index >= 15 is 0 Å². The van der Waals surface area contributed by atoms with Crippen LogP contribution >= 0.6 is 0 Å². The normalized spacial score (nSPS) is 11.4. The van der Waals surface area contributed by atoms with Gasteiger partial charge >= 0.3 is 0 Å². The lowest BCUT2D eigenvalue weighted by Gasteiger charge is -2.11. The molecule has 0 atom stereocenters. The van der Waals surface area contributed by atoms with E-state index in [1.807, 2.05) is 18.3 Å². The maximum Gasteiger partial charge on any atom is 0.240 e. The van der Waals surface area contributed by atoms with Gasteiger partial charge in [-0.2, -0.15) is 5.10 Å². The van der Waals surface area contributed by atoms with E-state index in [0.717, 1.165) is 11.1 Å². The lowest BCUT2D eigenvalue weighted by Crippen LogP contribution is -2.28. The van der Waals surface area contributed by atoms with Gasteiger partial charge in [0.1, 0.15) is 0 Å². The van der Waals surface area contributed by atoms with Crippen molar-refractivity contribution in [1.82, 2.24) is 19.5 Å². The number of pyridine rings is 1. The van der Waals surface area contributed by atoms with Crippen LogP contribution in [0, 0.1) is 6.92 Å². The van der Waals surface area contributed by atoms with Crippen molar-refractivity contribution in [2.75, 3.05) is 11.9 Å². The fraction of sp³-hybridized carbons (Fsp3) is 0.211. The Labute approximate surface area is 163 Å². The molecule has 1 amide bonds. The van der Waals surface area contributed by atoms with Crippen molar-refractivity contribution in [3.63, 3.8) is 0 Å². The van der Waals surface area contributed by atoms with Crippen LogP contribution in [-0.4, -0.2) is 35.6 Å². The van der Waals surface area contributed by atoms with Crippen LogP contribution < -0.4 is 10.0 Å². The highest BCUT2D eigenvalue weighted by atomic mass is 32.2. The maximum atomic E-state index is 12.6. The van der Waals surface area contributed by atoms with Gasteiger partial charge in [-0.25, -0.2) is 13.1 Å². The molecule has 0 unspecified atom stereocenters. The van der Waals surface area contributed by atoms with E-state index < -0.39 is 10.0 Å². The Kier molecular flexibility index (Phi) is 5.86. The van der Waals surface area contributed by atoms with E-state index in [2.05, 4.69) is 20.1 Å². The quantitative estimate of drug-likeness (QED) is 0.633. The molecule has 0 bridgehead atoms. The molecule has 0 saturated carbocycles. The minimum absolute atomic E-state index is 0.180. The van der Waals surface area contributed by atoms with Crippen LogP contribution in [0.15, 0.2) is 60.0 Å². The zero-order valence-corrected chi connectivity index (χ0v) is 16.4. The standard InChI is InChI=1S/C19H21N5O3S/c1-14-11-18(23-15(2)25)3-4-19(14)28(26,27)22-9-10-24-13-17(12-21-24)16-5-7-20-8-6-16/h3-8,11-13,22H,9-10H2,1-2H3,(H,23,25). The first-order chi connectivity index (χ1) is 13.3. The van der Waals surface area contributed by atoms with Crippen LogP contribution in [0.1, 0.15) is 12.5 Å². The second-order valence-electron chi connectivity index (χ2n) is 6.29. The zero-order chi connectivity index (χ0) is 20.1. The molecule has 2 N–H and O–H groups in total. The van der Waals surface area contributed by atoms with E-state index in [1.165, 1.54) is 13.0 Å². The number of benzene rings is 1. The molecule has 0 fully saturated rings. The van der Waals surface area contributed by atoms with Crippen molar-refractivity contribution < 1.29 is 13.2 Å². The highest BCUT2D eigenvalue weighted by molar-refractivity contribution is 7.89. The maximum absolute atomic E-state index is 12.6. The first-order valence-electron chi connectivity index (χ1n) is 8.66. The van der Waals surface area contributed by atoms with Gasteiger partial charge in [0.2, 0.25) is 15.9 Å². The fourth-order valence-electron chi connectivity index (χ4n) is 2.78. The van der Waals surface area contributed by atoms with Crippen LogP contribution in [0.3, 0.4) is 0 Å². The third-order valence-electron chi connectivity index (χ3n) is 4.06. The molecule has 1 aromatic carbocycles. The molecule has 28 heavy (non-hydrogen) atoms. The lowest BCUT2D eigenvalue weighted by molar-refractivity contribution is -0.114. The summed E-state index contributed by atoms with van der Waals surface area (Å²) in [7, 11) is -3.66. The summed E-state index contributed by atoms with van der Waals surface area (Å²) in [6, 6.07) is 8.45. The number of nitrogens with zero attached hydrogens (tertiary/aromatic N) is 3. The Morgan fingerprint density at radius 3 is 2.57 bits per heavy atom. The number of hydrogen-bond acceptors (Lipinski definition) is 5. The number of aromatic nitrogens is 3. The molecule has 0 aliphatic heterocycles. The smallest absolute Gasteiger partial charge is 0.240 e. The summed E-state index contributed by atoms with van der Waals surface area (Å²) in [6.45, 7) is 3.69. The minimum atomic E-state index is -3.66. The van der Waals surface area contributed by atoms with Gasteiger partial charge in [0.15, 0.2) is 0 Å². The van der Waals surface area contributed by atoms with Crippen molar-refractivity contribution in [3.05, 3.63) is 60.7 Å². The minimum Gasteiger partial charge on any atom is -0.326 e. The van der Waals surface area contributed by atoms with Gasteiger partial charge < -0.3 is 5.32 Å². The predicted octanol–water partition coefficient (Wildman–Crippen LogP) is 2.19. The molecule has 0 radical (unpaired) electrons. The largest absolute Gasteiger partial charge is 0.326 e. The number of nitrogens with one attached hydrogen (secondary N) is 2. The first-order valence-corrected chi connectivity index (χ1v) is 10.1. The molecule has 2 heterocycles. The van der Waals surface area contributed by atoms with Gasteiger partial charge in [0.25, 0.3) is 0 Å². The van der Waals surface area contributed by atoms with Crippen LogP contribution in [0.5, 0.6) is 0 Å². The van der Waals surface area contributed by atoms with E-state index in [4.69, 9.17) is 0 Å². The van der Waals surface area contributed by atoms with E-state index in [-0.39, 0.29) is 17.3 Å². The van der Waals surface area contributed by atoms with Crippen LogP contribution in [0.4, 0.5) is 5.69 Å². The molecule has 0 saturated heterocycles. The van der Waals surface area contributed by atoms with Crippen LogP contribution in [-0.2, 0) is 21.4 Å². The summed E-state index contributed by atoms with van der Waals surface area (Å²) in [5.74, 6) is -0.210. The third kappa shape index (κ3) is 4.81. The van der Waals surface area contributed by atoms with Crippen LogP contribution in [0.2, 0.25) is 0 Å². The van der Waals surface area contributed by atoms with Crippen molar-refractivity contribution in [2.24, 2.45) is 0 Å². The summed E-state index contributed by atoms with van der Waals surface area (Å²) in [5.41, 5.74) is 3.05. The average molecular weight is 399 g/mol. The Hall–Kier alpha value is -3.04. The predicted molar refractivity (Wildman–Crippen MR) is 106 cm³/mol. The molecule has 0 spiro atoms. The number of sulfonamides is 1. The van der Waals surface area contributed by atoms with Gasteiger partial charge in [0, 0.05) is 43.3 Å². The SMILES string of the molecule is CC(=O)Nc1ccc(S(=O)(=O)NCCn2cc(-c3ccncc3)cn2)c(C)c1. The number of hydrogen-bond donors (Lipinski definition) is 2. The molecule has 3 aromatic rings. The monoisotopic (exact) mass is 399 g/mol. The molecule has 9 heteroatoms. The van der Waals surface area contributed by atoms with Gasteiger partial charge in [-0.15, -0.1) is 0 Å². The Bertz CT molecular complexity index is 1080. The molecule has 0 aliphatic carbocycles. The van der Waals surface area contributed by atoms with Gasteiger partial charge in [-0.05, 0) is 48.4 Å². The third-order valence-corrected chi connectivity index (χ3v) is 5.69. The highest BCUT2D eigenvalue weighted by Gasteiger charge is 2.17. The summed E-state index contributed by atoms with van der Waals surface area (Å²) >= 11 is 0. The number of rotatable bonds is 7. The molecular formula is C19H21N5O3S. The molecule has 146 valence electrons. The van der Waals surface area contributed by atoms with E-state index in [0.29, 0.717) is 17.8 Å². The molecule has 0 aliphatic rings. The van der Waals surface area contributed by atoms with Gasteiger partial charge in [-0.3, -0.25) is 14.5 Å². The number of anilines is 1. The number of carbonyl (C=O) groups is 1.